The Hall–Kier alpha value is -1.47. The highest BCUT2D eigenvalue weighted by molar-refractivity contribution is 7.99. The highest BCUT2D eigenvalue weighted by atomic mass is 32.2. The first-order valence-electron chi connectivity index (χ1n) is 9.45. The summed E-state index contributed by atoms with van der Waals surface area (Å²) in [5, 5.41) is 0. The minimum Gasteiger partial charge on any atom is -0.321 e. The summed E-state index contributed by atoms with van der Waals surface area (Å²) >= 11 is 3.22. The van der Waals surface area contributed by atoms with Gasteiger partial charge in [0.2, 0.25) is 11.8 Å². The van der Waals surface area contributed by atoms with E-state index in [0.717, 1.165) is 25.5 Å². The first-order chi connectivity index (χ1) is 13.2. The lowest BCUT2D eigenvalue weighted by molar-refractivity contribution is -0.144. The number of amides is 2. The number of fused-ring (bicyclic) bond motifs is 1. The first kappa shape index (κ1) is 18.9. The Labute approximate surface area is 168 Å². The maximum Gasteiger partial charge on any atom is 0.247 e. The molecule has 1 aromatic carbocycles. The molecule has 2 saturated heterocycles. The largest absolute Gasteiger partial charge is 0.321 e. The molecule has 0 bridgehead atoms. The predicted octanol–water partition coefficient (Wildman–Crippen LogP) is 2.18. The Morgan fingerprint density at radius 2 is 1.81 bits per heavy atom. The van der Waals surface area contributed by atoms with Crippen molar-refractivity contribution >= 4 is 41.6 Å². The summed E-state index contributed by atoms with van der Waals surface area (Å²) < 4.78 is 0. The van der Waals surface area contributed by atoms with Gasteiger partial charge in [-0.05, 0) is 36.3 Å². The van der Waals surface area contributed by atoms with Gasteiger partial charge < -0.3 is 14.6 Å². The van der Waals surface area contributed by atoms with E-state index in [1.165, 1.54) is 11.1 Å². The highest BCUT2D eigenvalue weighted by Crippen LogP contribution is 2.31. The quantitative estimate of drug-likeness (QED) is 0.720. The van der Waals surface area contributed by atoms with Gasteiger partial charge in [-0.25, -0.2) is 0 Å². The van der Waals surface area contributed by atoms with Crippen molar-refractivity contribution in [2.75, 3.05) is 23.3 Å². The zero-order valence-corrected chi connectivity index (χ0v) is 16.8. The van der Waals surface area contributed by atoms with Gasteiger partial charge in [-0.2, -0.15) is 0 Å². The maximum absolute atomic E-state index is 13.0. The second-order valence-corrected chi connectivity index (χ2v) is 9.47. The summed E-state index contributed by atoms with van der Waals surface area (Å²) in [6.07, 6.45) is 4.35. The van der Waals surface area contributed by atoms with Crippen LogP contribution < -0.4 is 0 Å². The third-order valence-corrected chi connectivity index (χ3v) is 7.81. The predicted molar refractivity (Wildman–Crippen MR) is 109 cm³/mol. The zero-order valence-electron chi connectivity index (χ0n) is 15.2. The van der Waals surface area contributed by atoms with Gasteiger partial charge in [0.05, 0.1) is 17.8 Å². The molecule has 2 aliphatic heterocycles. The molecule has 0 N–H and O–H groups in total. The smallest absolute Gasteiger partial charge is 0.247 e. The first-order valence-corrected chi connectivity index (χ1v) is 11.8. The molecule has 1 aromatic rings. The highest BCUT2D eigenvalue weighted by Gasteiger charge is 2.41. The van der Waals surface area contributed by atoms with E-state index in [0.29, 0.717) is 35.6 Å². The number of hydrogen-bond acceptors (Lipinski definition) is 5. The third kappa shape index (κ3) is 3.90. The van der Waals surface area contributed by atoms with Crippen LogP contribution in [0.4, 0.5) is 0 Å². The number of rotatable bonds is 4. The van der Waals surface area contributed by atoms with Crippen molar-refractivity contribution in [3.8, 4) is 0 Å². The molecule has 1 aliphatic carbocycles. The molecule has 0 unspecified atom stereocenters. The number of aryl methyl sites for hydroxylation is 1. The Balaban J connectivity index is 1.39. The van der Waals surface area contributed by atoms with Gasteiger partial charge in [0, 0.05) is 17.9 Å². The molecule has 7 heteroatoms. The number of aldehydes is 1. The molecule has 2 fully saturated rings. The molecular weight excluding hydrogens is 380 g/mol. The van der Waals surface area contributed by atoms with Crippen LogP contribution in [0.25, 0.3) is 0 Å². The van der Waals surface area contributed by atoms with Crippen LogP contribution in [0.5, 0.6) is 0 Å². The van der Waals surface area contributed by atoms with E-state index >= 15 is 0 Å². The van der Waals surface area contributed by atoms with E-state index < -0.39 is 6.04 Å². The molecule has 27 heavy (non-hydrogen) atoms. The molecule has 0 radical (unpaired) electrons. The third-order valence-electron chi connectivity index (χ3n) is 5.76. The molecule has 144 valence electrons. The molecule has 0 spiro atoms. The summed E-state index contributed by atoms with van der Waals surface area (Å²) in [6, 6.07) is 7.71. The van der Waals surface area contributed by atoms with E-state index in [2.05, 4.69) is 24.3 Å². The molecular formula is C20H24N2O3S2. The minimum absolute atomic E-state index is 0.0653. The van der Waals surface area contributed by atoms with E-state index in [4.69, 9.17) is 0 Å². The standard InChI is InChI=1S/C20H24N2O3S2/c23-9-17-10-26-12-21(17)20(25)18-11-27-13-22(18)19(24)8-14-5-6-15-3-1-2-4-16(15)7-14/h1-4,9,14,17-18H,5-8,10-13H2/t14-,17+,18-/m0/s1. The molecule has 3 atom stereocenters. The van der Waals surface area contributed by atoms with E-state index in [-0.39, 0.29) is 17.9 Å². The van der Waals surface area contributed by atoms with Crippen LogP contribution in [0.1, 0.15) is 24.0 Å². The average molecular weight is 405 g/mol. The topological polar surface area (TPSA) is 57.7 Å². The molecule has 0 aromatic heterocycles. The fourth-order valence-electron chi connectivity index (χ4n) is 4.19. The van der Waals surface area contributed by atoms with Gasteiger partial charge in [-0.1, -0.05) is 24.3 Å². The fourth-order valence-corrected chi connectivity index (χ4v) is 6.49. The maximum atomic E-state index is 13.0. The Morgan fingerprint density at radius 1 is 1.07 bits per heavy atom. The minimum atomic E-state index is -0.417. The van der Waals surface area contributed by atoms with E-state index in [9.17, 15) is 14.4 Å². The summed E-state index contributed by atoms with van der Waals surface area (Å²) in [5.74, 6) is 2.77. The zero-order chi connectivity index (χ0) is 18.8. The van der Waals surface area contributed by atoms with Gasteiger partial charge in [-0.15, -0.1) is 23.5 Å². The number of benzene rings is 1. The van der Waals surface area contributed by atoms with Crippen molar-refractivity contribution < 1.29 is 14.4 Å². The SMILES string of the molecule is O=C[C@@H]1CSCN1C(=O)[C@@H]1CSCN1C(=O)C[C@H]1CCc2ccccc2C1. The summed E-state index contributed by atoms with van der Waals surface area (Å²) in [6.45, 7) is 0. The fraction of sp³-hybridized carbons (Fsp3) is 0.550. The number of carbonyl (C=O) groups excluding carboxylic acids is 3. The van der Waals surface area contributed by atoms with Crippen molar-refractivity contribution in [1.82, 2.24) is 9.80 Å². The van der Waals surface area contributed by atoms with Crippen LogP contribution in [0.15, 0.2) is 24.3 Å². The van der Waals surface area contributed by atoms with Crippen LogP contribution >= 0.6 is 23.5 Å². The van der Waals surface area contributed by atoms with Crippen LogP contribution in [-0.4, -0.2) is 63.2 Å². The Bertz CT molecular complexity index is 742. The number of carbonyl (C=O) groups is 3. The molecule has 3 aliphatic rings. The van der Waals surface area contributed by atoms with Gasteiger partial charge in [0.15, 0.2) is 0 Å². The van der Waals surface area contributed by atoms with Crippen molar-refractivity contribution in [3.05, 3.63) is 35.4 Å². The van der Waals surface area contributed by atoms with Gasteiger partial charge >= 0.3 is 0 Å². The molecule has 0 saturated carbocycles. The lowest BCUT2D eigenvalue weighted by Gasteiger charge is -2.30. The number of hydrogen-bond donors (Lipinski definition) is 0. The molecule has 4 rings (SSSR count). The second kappa shape index (κ2) is 8.27. The van der Waals surface area contributed by atoms with Crippen molar-refractivity contribution in [2.45, 2.75) is 37.8 Å². The summed E-state index contributed by atoms with van der Waals surface area (Å²) in [5.41, 5.74) is 2.75. The van der Waals surface area contributed by atoms with Crippen molar-refractivity contribution in [3.63, 3.8) is 0 Å². The van der Waals surface area contributed by atoms with Crippen LogP contribution in [0.3, 0.4) is 0 Å². The van der Waals surface area contributed by atoms with Gasteiger partial charge in [0.25, 0.3) is 0 Å². The van der Waals surface area contributed by atoms with Gasteiger partial charge in [-0.3, -0.25) is 9.59 Å². The van der Waals surface area contributed by atoms with E-state index in [1.54, 1.807) is 33.3 Å². The Morgan fingerprint density at radius 3 is 2.63 bits per heavy atom. The molecule has 2 amide bonds. The molecule has 2 heterocycles. The average Bonchev–Trinajstić information content (AvgIpc) is 3.36. The summed E-state index contributed by atoms with van der Waals surface area (Å²) in [7, 11) is 0. The number of thioether (sulfide) groups is 2. The molecule has 5 nitrogen and oxygen atoms in total. The van der Waals surface area contributed by atoms with Crippen molar-refractivity contribution in [2.24, 2.45) is 5.92 Å². The summed E-state index contributed by atoms with van der Waals surface area (Å²) in [4.78, 5) is 40.5. The van der Waals surface area contributed by atoms with Crippen molar-refractivity contribution in [1.29, 1.82) is 0 Å². The van der Waals surface area contributed by atoms with Crippen LogP contribution in [0, 0.1) is 5.92 Å². The van der Waals surface area contributed by atoms with E-state index in [1.807, 2.05) is 0 Å². The Kier molecular flexibility index (Phi) is 5.78. The second-order valence-electron chi connectivity index (χ2n) is 7.47. The van der Waals surface area contributed by atoms with Crippen LogP contribution in [-0.2, 0) is 27.2 Å². The lowest BCUT2D eigenvalue weighted by atomic mass is 9.82. The lowest BCUT2D eigenvalue weighted by Crippen LogP contribution is -2.51. The normalized spacial score (nSPS) is 27.5. The van der Waals surface area contributed by atoms with Gasteiger partial charge in [0.1, 0.15) is 12.3 Å². The number of nitrogens with zero attached hydrogens (tertiary/aromatic N) is 2. The monoisotopic (exact) mass is 404 g/mol. The van der Waals surface area contributed by atoms with Crippen LogP contribution in [0.2, 0.25) is 0 Å².